The molecule has 0 radical (unpaired) electrons. The highest BCUT2D eigenvalue weighted by molar-refractivity contribution is 7.73. The Morgan fingerprint density at radius 1 is 1.38 bits per heavy atom. The molecule has 0 aliphatic carbocycles. The first-order valence-electron chi connectivity index (χ1n) is 5.94. The van der Waals surface area contributed by atoms with E-state index in [0.29, 0.717) is 14.6 Å². The summed E-state index contributed by atoms with van der Waals surface area (Å²) in [4.78, 5) is 23.0. The number of aromatic amines is 1. The number of H-pyrrole nitrogens is 1. The number of amides is 2. The van der Waals surface area contributed by atoms with Gasteiger partial charge < -0.3 is 10.4 Å². The van der Waals surface area contributed by atoms with Crippen LogP contribution in [0.15, 0.2) is 30.3 Å². The van der Waals surface area contributed by atoms with Crippen LogP contribution < -0.4 is 10.6 Å². The molecule has 1 heterocycles. The van der Waals surface area contributed by atoms with Gasteiger partial charge in [-0.1, -0.05) is 41.7 Å². The summed E-state index contributed by atoms with van der Waals surface area (Å²) in [6.45, 7) is -0.0268. The minimum atomic E-state index is -1.18. The fraction of sp³-hybridized carbons (Fsp3) is 0.167. The van der Waals surface area contributed by atoms with Gasteiger partial charge in [0.15, 0.2) is 3.95 Å². The predicted octanol–water partition coefficient (Wildman–Crippen LogP) is 2.19. The Morgan fingerprint density at radius 2 is 2.10 bits per heavy atom. The smallest absolute Gasteiger partial charge is 0.404 e. The molecule has 1 atom stereocenters. The van der Waals surface area contributed by atoms with E-state index in [1.54, 1.807) is 24.3 Å². The third-order valence-electron chi connectivity index (χ3n) is 2.64. The molecule has 7 nitrogen and oxygen atoms in total. The molecule has 0 fully saturated rings. The summed E-state index contributed by atoms with van der Waals surface area (Å²) < 4.78 is 0.449. The quantitative estimate of drug-likeness (QED) is 0.631. The number of carbonyl (C=O) groups excluding carboxylic acids is 1. The molecule has 2 amide bonds. The molecule has 0 aliphatic rings. The number of benzene rings is 1. The number of carboxylic acid groups (broad SMARTS) is 1. The zero-order chi connectivity index (χ0) is 15.2. The van der Waals surface area contributed by atoms with Gasteiger partial charge in [-0.15, -0.1) is 5.10 Å². The lowest BCUT2D eigenvalue weighted by molar-refractivity contribution is -0.117. The SMILES string of the molecule is O=C(O)NCC(C(=O)Nc1n[nH]c(=S)s1)c1ccccc1. The van der Waals surface area contributed by atoms with E-state index in [9.17, 15) is 9.59 Å². The lowest BCUT2D eigenvalue weighted by Crippen LogP contribution is -2.33. The maximum Gasteiger partial charge on any atom is 0.404 e. The van der Waals surface area contributed by atoms with E-state index in [-0.39, 0.29) is 12.5 Å². The van der Waals surface area contributed by atoms with E-state index < -0.39 is 12.0 Å². The predicted molar refractivity (Wildman–Crippen MR) is 81.1 cm³/mol. The van der Waals surface area contributed by atoms with Crippen molar-refractivity contribution in [2.24, 2.45) is 0 Å². The summed E-state index contributed by atoms with van der Waals surface area (Å²) in [6, 6.07) is 8.92. The number of hydrogen-bond acceptors (Lipinski definition) is 5. The molecule has 1 unspecified atom stereocenters. The summed E-state index contributed by atoms with van der Waals surface area (Å²) >= 11 is 6.02. The second-order valence-corrected chi connectivity index (χ2v) is 5.72. The van der Waals surface area contributed by atoms with Crippen LogP contribution in [0.1, 0.15) is 11.5 Å². The van der Waals surface area contributed by atoms with Gasteiger partial charge in [0.2, 0.25) is 11.0 Å². The molecule has 0 saturated heterocycles. The Labute approximate surface area is 129 Å². The van der Waals surface area contributed by atoms with E-state index in [2.05, 4.69) is 20.8 Å². The highest BCUT2D eigenvalue weighted by Crippen LogP contribution is 2.19. The van der Waals surface area contributed by atoms with Gasteiger partial charge in [0, 0.05) is 6.54 Å². The van der Waals surface area contributed by atoms with Crippen LogP contribution in [0, 0.1) is 3.95 Å². The van der Waals surface area contributed by atoms with Gasteiger partial charge in [-0.3, -0.25) is 15.2 Å². The van der Waals surface area contributed by atoms with Crippen LogP contribution in [0.2, 0.25) is 0 Å². The molecule has 0 spiro atoms. The molecule has 9 heteroatoms. The summed E-state index contributed by atoms with van der Waals surface area (Å²) in [5, 5.41) is 20.3. The van der Waals surface area contributed by atoms with Gasteiger partial charge in [-0.25, -0.2) is 4.79 Å². The molecule has 2 aromatic rings. The summed E-state index contributed by atoms with van der Waals surface area (Å²) in [6.07, 6.45) is -1.18. The first kappa shape index (κ1) is 15.1. The third-order valence-corrected chi connectivity index (χ3v) is 3.65. The monoisotopic (exact) mass is 324 g/mol. The van der Waals surface area contributed by atoms with Crippen molar-refractivity contribution in [3.05, 3.63) is 39.8 Å². The van der Waals surface area contributed by atoms with Crippen molar-refractivity contribution in [3.8, 4) is 0 Å². The van der Waals surface area contributed by atoms with Crippen LogP contribution in [-0.4, -0.2) is 33.8 Å². The number of nitrogens with one attached hydrogen (secondary N) is 3. The Bertz CT molecular complexity index is 683. The number of carbonyl (C=O) groups is 2. The van der Waals surface area contributed by atoms with Crippen molar-refractivity contribution in [2.75, 3.05) is 11.9 Å². The lowest BCUT2D eigenvalue weighted by Gasteiger charge is -2.16. The van der Waals surface area contributed by atoms with E-state index in [1.165, 1.54) is 0 Å². The number of hydrogen-bond donors (Lipinski definition) is 4. The van der Waals surface area contributed by atoms with E-state index in [4.69, 9.17) is 17.3 Å². The van der Waals surface area contributed by atoms with Crippen LogP contribution >= 0.6 is 23.6 Å². The van der Waals surface area contributed by atoms with Crippen molar-refractivity contribution in [1.29, 1.82) is 0 Å². The van der Waals surface area contributed by atoms with Crippen molar-refractivity contribution < 1.29 is 14.7 Å². The maximum atomic E-state index is 12.3. The van der Waals surface area contributed by atoms with Crippen molar-refractivity contribution in [1.82, 2.24) is 15.5 Å². The fourth-order valence-corrected chi connectivity index (χ4v) is 2.50. The number of nitrogens with zero attached hydrogens (tertiary/aromatic N) is 1. The van der Waals surface area contributed by atoms with Gasteiger partial charge in [0.25, 0.3) is 0 Å². The zero-order valence-corrected chi connectivity index (χ0v) is 12.3. The lowest BCUT2D eigenvalue weighted by atomic mass is 9.98. The second kappa shape index (κ2) is 6.95. The molecular weight excluding hydrogens is 312 g/mol. The number of anilines is 1. The van der Waals surface area contributed by atoms with Crippen LogP contribution in [0.3, 0.4) is 0 Å². The molecule has 4 N–H and O–H groups in total. The van der Waals surface area contributed by atoms with Crippen molar-refractivity contribution >= 4 is 40.7 Å². The molecule has 1 aromatic heterocycles. The zero-order valence-electron chi connectivity index (χ0n) is 10.7. The number of aromatic nitrogens is 2. The Balaban J connectivity index is 2.15. The number of rotatable bonds is 5. The molecule has 0 saturated carbocycles. The highest BCUT2D eigenvalue weighted by atomic mass is 32.1. The van der Waals surface area contributed by atoms with Gasteiger partial charge >= 0.3 is 6.09 Å². The molecule has 110 valence electrons. The molecule has 2 rings (SSSR count). The van der Waals surface area contributed by atoms with Crippen LogP contribution in [0.5, 0.6) is 0 Å². The van der Waals surface area contributed by atoms with Gasteiger partial charge in [-0.2, -0.15) is 0 Å². The Morgan fingerprint density at radius 3 is 2.67 bits per heavy atom. The minimum Gasteiger partial charge on any atom is -0.465 e. The summed E-state index contributed by atoms with van der Waals surface area (Å²) in [5.74, 6) is -1.01. The van der Waals surface area contributed by atoms with Gasteiger partial charge in [0.1, 0.15) is 0 Å². The van der Waals surface area contributed by atoms with Gasteiger partial charge in [0.05, 0.1) is 5.92 Å². The molecule has 0 aliphatic heterocycles. The first-order valence-corrected chi connectivity index (χ1v) is 7.17. The third kappa shape index (κ3) is 4.36. The normalized spacial score (nSPS) is 11.6. The van der Waals surface area contributed by atoms with E-state index in [0.717, 1.165) is 11.3 Å². The largest absolute Gasteiger partial charge is 0.465 e. The highest BCUT2D eigenvalue weighted by Gasteiger charge is 2.22. The maximum absolute atomic E-state index is 12.3. The van der Waals surface area contributed by atoms with E-state index in [1.807, 2.05) is 6.07 Å². The average Bonchev–Trinajstić information content (AvgIpc) is 2.85. The van der Waals surface area contributed by atoms with Crippen molar-refractivity contribution in [3.63, 3.8) is 0 Å². The molecule has 0 bridgehead atoms. The first-order chi connectivity index (χ1) is 10.1. The standard InChI is InChI=1S/C12H12N4O3S2/c17-9(14-10-15-16-12(20)21-10)8(6-13-11(18)19)7-4-2-1-3-5-7/h1-5,8,13H,6H2,(H,16,20)(H,18,19)(H,14,15,17). The van der Waals surface area contributed by atoms with Crippen LogP contribution in [-0.2, 0) is 4.79 Å². The van der Waals surface area contributed by atoms with E-state index >= 15 is 0 Å². The van der Waals surface area contributed by atoms with Crippen LogP contribution in [0.25, 0.3) is 0 Å². The van der Waals surface area contributed by atoms with Crippen molar-refractivity contribution in [2.45, 2.75) is 5.92 Å². The Kier molecular flexibility index (Phi) is 5.01. The molecule has 21 heavy (non-hydrogen) atoms. The fourth-order valence-electron chi connectivity index (χ4n) is 1.71. The average molecular weight is 324 g/mol. The summed E-state index contributed by atoms with van der Waals surface area (Å²) in [5.41, 5.74) is 0.711. The summed E-state index contributed by atoms with van der Waals surface area (Å²) in [7, 11) is 0. The molecular formula is C12H12N4O3S2. The van der Waals surface area contributed by atoms with Gasteiger partial charge in [-0.05, 0) is 17.8 Å². The topological polar surface area (TPSA) is 107 Å². The van der Waals surface area contributed by atoms with Crippen LogP contribution in [0.4, 0.5) is 9.93 Å². The Hall–Kier alpha value is -2.26. The minimum absolute atomic E-state index is 0.0268. The molecule has 1 aromatic carbocycles. The second-order valence-electron chi connectivity index (χ2n) is 4.06.